The predicted molar refractivity (Wildman–Crippen MR) is 92.4 cm³/mol. The highest BCUT2D eigenvalue weighted by Gasteiger charge is 2.14. The van der Waals surface area contributed by atoms with E-state index in [0.717, 1.165) is 5.39 Å². The first-order valence-corrected chi connectivity index (χ1v) is 7.39. The van der Waals surface area contributed by atoms with Crippen molar-refractivity contribution in [3.63, 3.8) is 0 Å². The van der Waals surface area contributed by atoms with Crippen molar-refractivity contribution in [2.75, 3.05) is 5.32 Å². The standard InChI is InChI=1S/C16H11ClN2O3S/c17-8-1-3-12-10(5-8)15(14(23)7-18-12)19-13-4-2-9(20)6-11(13)16(21)22/h1-7,20,23H,(H,18,19)(H,21,22). The lowest BCUT2D eigenvalue weighted by atomic mass is 10.1. The van der Waals surface area contributed by atoms with Crippen molar-refractivity contribution < 1.29 is 15.0 Å². The number of phenols is 1. The summed E-state index contributed by atoms with van der Waals surface area (Å²) in [7, 11) is 0. The number of nitrogens with zero attached hydrogens (tertiary/aromatic N) is 1. The number of aromatic nitrogens is 1. The number of rotatable bonds is 3. The van der Waals surface area contributed by atoms with Crippen LogP contribution in [0.5, 0.6) is 5.75 Å². The van der Waals surface area contributed by atoms with Crippen LogP contribution < -0.4 is 5.32 Å². The Morgan fingerprint density at radius 2 is 2.00 bits per heavy atom. The largest absolute Gasteiger partial charge is 0.508 e. The highest BCUT2D eigenvalue weighted by Crippen LogP contribution is 2.34. The van der Waals surface area contributed by atoms with Crippen molar-refractivity contribution in [3.8, 4) is 5.75 Å². The van der Waals surface area contributed by atoms with E-state index >= 15 is 0 Å². The summed E-state index contributed by atoms with van der Waals surface area (Å²) < 4.78 is 0. The van der Waals surface area contributed by atoms with Gasteiger partial charge >= 0.3 is 5.97 Å². The van der Waals surface area contributed by atoms with Crippen molar-refractivity contribution in [2.45, 2.75) is 4.90 Å². The Hall–Kier alpha value is -2.44. The second kappa shape index (κ2) is 5.98. The second-order valence-electron chi connectivity index (χ2n) is 4.84. The van der Waals surface area contributed by atoms with Gasteiger partial charge in [0.25, 0.3) is 0 Å². The van der Waals surface area contributed by atoms with Gasteiger partial charge in [-0.15, -0.1) is 12.6 Å². The first-order valence-electron chi connectivity index (χ1n) is 6.56. The normalized spacial score (nSPS) is 10.7. The van der Waals surface area contributed by atoms with Crippen molar-refractivity contribution in [2.24, 2.45) is 0 Å². The number of anilines is 2. The molecular weight excluding hydrogens is 336 g/mol. The van der Waals surface area contributed by atoms with Gasteiger partial charge < -0.3 is 15.5 Å². The third-order valence-corrected chi connectivity index (χ3v) is 3.88. The molecule has 23 heavy (non-hydrogen) atoms. The Bertz CT molecular complexity index is 925. The number of hydrogen-bond donors (Lipinski definition) is 4. The van der Waals surface area contributed by atoms with E-state index in [4.69, 9.17) is 11.6 Å². The third-order valence-electron chi connectivity index (χ3n) is 3.30. The van der Waals surface area contributed by atoms with Crippen LogP contribution in [-0.2, 0) is 0 Å². The van der Waals surface area contributed by atoms with Crippen LogP contribution in [0.2, 0.25) is 5.02 Å². The summed E-state index contributed by atoms with van der Waals surface area (Å²) in [4.78, 5) is 16.2. The third kappa shape index (κ3) is 3.04. The summed E-state index contributed by atoms with van der Waals surface area (Å²) in [6, 6.07) is 9.30. The van der Waals surface area contributed by atoms with E-state index in [2.05, 4.69) is 22.9 Å². The molecule has 0 atom stereocenters. The molecule has 0 radical (unpaired) electrons. The lowest BCUT2D eigenvalue weighted by Gasteiger charge is -2.14. The number of carboxylic acids is 1. The molecule has 0 bridgehead atoms. The number of nitrogens with one attached hydrogen (secondary N) is 1. The number of fused-ring (bicyclic) bond motifs is 1. The SMILES string of the molecule is O=C(O)c1cc(O)ccc1Nc1c(S)cnc2ccc(Cl)cc12. The highest BCUT2D eigenvalue weighted by atomic mass is 35.5. The smallest absolute Gasteiger partial charge is 0.337 e. The average Bonchev–Trinajstić information content (AvgIpc) is 2.51. The molecule has 1 heterocycles. The Kier molecular flexibility index (Phi) is 4.02. The Morgan fingerprint density at radius 1 is 1.22 bits per heavy atom. The molecule has 0 spiro atoms. The molecule has 5 nitrogen and oxygen atoms in total. The quantitative estimate of drug-likeness (QED) is 0.419. The van der Waals surface area contributed by atoms with E-state index in [0.29, 0.717) is 26.8 Å². The maximum atomic E-state index is 11.4. The molecular formula is C16H11ClN2O3S. The molecule has 1 aromatic heterocycles. The summed E-state index contributed by atoms with van der Waals surface area (Å²) in [5.74, 6) is -1.28. The molecule has 2 aromatic carbocycles. The maximum Gasteiger partial charge on any atom is 0.337 e. The number of halogens is 1. The number of thiol groups is 1. The monoisotopic (exact) mass is 346 g/mol. The Morgan fingerprint density at radius 3 is 2.74 bits per heavy atom. The highest BCUT2D eigenvalue weighted by molar-refractivity contribution is 7.80. The van der Waals surface area contributed by atoms with Crippen molar-refractivity contribution in [1.82, 2.24) is 4.98 Å². The van der Waals surface area contributed by atoms with Crippen molar-refractivity contribution in [1.29, 1.82) is 0 Å². The summed E-state index contributed by atoms with van der Waals surface area (Å²) in [5.41, 5.74) is 1.57. The fourth-order valence-corrected chi connectivity index (χ4v) is 2.64. The van der Waals surface area contributed by atoms with Crippen LogP contribution in [0.3, 0.4) is 0 Å². The molecule has 0 aliphatic heterocycles. The Balaban J connectivity index is 2.17. The van der Waals surface area contributed by atoms with E-state index in [-0.39, 0.29) is 11.3 Å². The molecule has 116 valence electrons. The topological polar surface area (TPSA) is 82.5 Å². The van der Waals surface area contributed by atoms with Crippen LogP contribution in [-0.4, -0.2) is 21.2 Å². The number of carboxylic acid groups (broad SMARTS) is 1. The minimum atomic E-state index is -1.15. The van der Waals surface area contributed by atoms with Gasteiger partial charge in [-0.3, -0.25) is 4.98 Å². The Labute approximate surface area is 142 Å². The number of hydrogen-bond acceptors (Lipinski definition) is 5. The lowest BCUT2D eigenvalue weighted by molar-refractivity contribution is 0.0697. The van der Waals surface area contributed by atoms with Crippen LogP contribution >= 0.6 is 24.2 Å². The van der Waals surface area contributed by atoms with E-state index in [1.54, 1.807) is 24.4 Å². The number of pyridine rings is 1. The average molecular weight is 347 g/mol. The van der Waals surface area contributed by atoms with Gasteiger partial charge in [-0.05, 0) is 36.4 Å². The first kappa shape index (κ1) is 15.5. The number of aromatic hydroxyl groups is 1. The van der Waals surface area contributed by atoms with E-state index in [1.807, 2.05) is 0 Å². The van der Waals surface area contributed by atoms with Gasteiger partial charge in [-0.25, -0.2) is 4.79 Å². The zero-order valence-corrected chi connectivity index (χ0v) is 13.3. The van der Waals surface area contributed by atoms with Gasteiger partial charge in [0, 0.05) is 21.5 Å². The molecule has 3 rings (SSSR count). The molecule has 0 saturated heterocycles. The molecule has 0 aliphatic rings. The number of phenolic OH excluding ortho intramolecular Hbond substituents is 1. The van der Waals surface area contributed by atoms with E-state index < -0.39 is 5.97 Å². The van der Waals surface area contributed by atoms with Crippen molar-refractivity contribution in [3.05, 3.63) is 53.2 Å². The summed E-state index contributed by atoms with van der Waals surface area (Å²) in [5, 5.41) is 23.1. The van der Waals surface area contributed by atoms with Crippen LogP contribution in [0.25, 0.3) is 10.9 Å². The molecule has 0 unspecified atom stereocenters. The van der Waals surface area contributed by atoms with Gasteiger partial charge in [-0.2, -0.15) is 0 Å². The molecule has 0 amide bonds. The van der Waals surface area contributed by atoms with Crippen molar-refractivity contribution >= 4 is 52.5 Å². The fourth-order valence-electron chi connectivity index (χ4n) is 2.24. The minimum Gasteiger partial charge on any atom is -0.508 e. The van der Waals surface area contributed by atoms with Crippen LogP contribution in [0.15, 0.2) is 47.5 Å². The molecule has 0 aliphatic carbocycles. The molecule has 3 aromatic rings. The van der Waals surface area contributed by atoms with Crippen LogP contribution in [0.4, 0.5) is 11.4 Å². The zero-order valence-electron chi connectivity index (χ0n) is 11.6. The number of carbonyl (C=O) groups is 1. The maximum absolute atomic E-state index is 11.4. The van der Waals surface area contributed by atoms with Crippen LogP contribution in [0, 0.1) is 0 Å². The summed E-state index contributed by atoms with van der Waals surface area (Å²) in [6.45, 7) is 0. The summed E-state index contributed by atoms with van der Waals surface area (Å²) in [6.07, 6.45) is 1.57. The molecule has 3 N–H and O–H groups in total. The predicted octanol–water partition coefficient (Wildman–Crippen LogP) is 4.32. The van der Waals surface area contributed by atoms with Gasteiger partial charge in [-0.1, -0.05) is 11.6 Å². The lowest BCUT2D eigenvalue weighted by Crippen LogP contribution is -2.03. The number of benzene rings is 2. The second-order valence-corrected chi connectivity index (χ2v) is 5.76. The first-order chi connectivity index (χ1) is 11.0. The summed E-state index contributed by atoms with van der Waals surface area (Å²) >= 11 is 10.4. The van der Waals surface area contributed by atoms with E-state index in [1.165, 1.54) is 18.2 Å². The van der Waals surface area contributed by atoms with Gasteiger partial charge in [0.1, 0.15) is 5.75 Å². The van der Waals surface area contributed by atoms with Gasteiger partial charge in [0.15, 0.2) is 0 Å². The molecule has 0 saturated carbocycles. The number of aromatic carboxylic acids is 1. The molecule has 7 heteroatoms. The van der Waals surface area contributed by atoms with Gasteiger partial charge in [0.05, 0.1) is 22.5 Å². The molecule has 0 fully saturated rings. The fraction of sp³-hybridized carbons (Fsp3) is 0. The zero-order chi connectivity index (χ0) is 16.6. The van der Waals surface area contributed by atoms with Gasteiger partial charge in [0.2, 0.25) is 0 Å². The van der Waals surface area contributed by atoms with E-state index in [9.17, 15) is 15.0 Å². The minimum absolute atomic E-state index is 0.0512. The van der Waals surface area contributed by atoms with Crippen LogP contribution in [0.1, 0.15) is 10.4 Å².